The predicted octanol–water partition coefficient (Wildman–Crippen LogP) is -0.799. The molecule has 0 saturated carbocycles. The second kappa shape index (κ2) is 10.1. The Morgan fingerprint density at radius 1 is 1.00 bits per heavy atom. The molecule has 0 fully saturated rings. The van der Waals surface area contributed by atoms with Crippen LogP contribution in [-0.2, 0) is 25.6 Å². The van der Waals surface area contributed by atoms with Gasteiger partial charge in [0.15, 0.2) is 0 Å². The number of hydrogen-bond donors (Lipinski definition) is 6. The SMILES string of the molecule is CC(N)C(=O)NC(CCC(=O)O)C(=O)NC(Cc1ccc(O)cc1)C(=O)O. The Bertz CT molecular complexity index is 688. The van der Waals surface area contributed by atoms with Crippen molar-refractivity contribution < 1.29 is 34.5 Å². The monoisotopic (exact) mass is 381 g/mol. The van der Waals surface area contributed by atoms with E-state index in [2.05, 4.69) is 10.6 Å². The van der Waals surface area contributed by atoms with Gasteiger partial charge in [-0.25, -0.2) is 4.79 Å². The number of benzene rings is 1. The van der Waals surface area contributed by atoms with E-state index in [1.54, 1.807) is 0 Å². The standard InChI is InChI=1S/C17H23N3O7/c1-9(18)15(24)19-12(6-7-14(22)23)16(25)20-13(17(26)27)8-10-2-4-11(21)5-3-10/h2-5,9,12-13,21H,6-8,18H2,1H3,(H,19,24)(H,20,25)(H,22,23)(H,26,27). The third-order valence-corrected chi connectivity index (χ3v) is 3.68. The first kappa shape index (κ1) is 21.9. The van der Waals surface area contributed by atoms with Crippen molar-refractivity contribution in [2.45, 2.75) is 44.3 Å². The molecule has 0 spiro atoms. The van der Waals surface area contributed by atoms with Crippen molar-refractivity contribution >= 4 is 23.8 Å². The summed E-state index contributed by atoms with van der Waals surface area (Å²) in [7, 11) is 0. The molecule has 0 aliphatic heterocycles. The van der Waals surface area contributed by atoms with Gasteiger partial charge in [-0.15, -0.1) is 0 Å². The summed E-state index contributed by atoms with van der Waals surface area (Å²) >= 11 is 0. The lowest BCUT2D eigenvalue weighted by atomic mass is 10.0. The molecule has 0 radical (unpaired) electrons. The van der Waals surface area contributed by atoms with Crippen LogP contribution in [0.1, 0.15) is 25.3 Å². The van der Waals surface area contributed by atoms with E-state index in [4.69, 9.17) is 10.8 Å². The molecule has 10 heteroatoms. The highest BCUT2D eigenvalue weighted by Crippen LogP contribution is 2.12. The zero-order valence-electron chi connectivity index (χ0n) is 14.7. The first-order chi connectivity index (χ1) is 12.6. The van der Waals surface area contributed by atoms with E-state index in [0.29, 0.717) is 5.56 Å². The Balaban J connectivity index is 2.86. The number of carboxylic acid groups (broad SMARTS) is 2. The van der Waals surface area contributed by atoms with Gasteiger partial charge in [-0.3, -0.25) is 14.4 Å². The maximum Gasteiger partial charge on any atom is 0.326 e. The van der Waals surface area contributed by atoms with Crippen molar-refractivity contribution in [3.05, 3.63) is 29.8 Å². The summed E-state index contributed by atoms with van der Waals surface area (Å²) in [5.74, 6) is -3.93. The zero-order valence-corrected chi connectivity index (χ0v) is 14.7. The van der Waals surface area contributed by atoms with E-state index >= 15 is 0 Å². The average molecular weight is 381 g/mol. The summed E-state index contributed by atoms with van der Waals surface area (Å²) in [5.41, 5.74) is 5.99. The molecule has 1 aromatic carbocycles. The van der Waals surface area contributed by atoms with Gasteiger partial charge in [0.1, 0.15) is 17.8 Å². The molecule has 1 rings (SSSR count). The smallest absolute Gasteiger partial charge is 0.326 e. The number of phenolic OH excluding ortho intramolecular Hbond substituents is 1. The third-order valence-electron chi connectivity index (χ3n) is 3.68. The van der Waals surface area contributed by atoms with Crippen LogP contribution < -0.4 is 16.4 Å². The number of aliphatic carboxylic acids is 2. The minimum absolute atomic E-state index is 0.0158. The summed E-state index contributed by atoms with van der Waals surface area (Å²) in [4.78, 5) is 46.4. The van der Waals surface area contributed by atoms with Crippen LogP contribution in [0.3, 0.4) is 0 Å². The van der Waals surface area contributed by atoms with Crippen molar-refractivity contribution in [2.75, 3.05) is 0 Å². The van der Waals surface area contributed by atoms with E-state index in [-0.39, 0.29) is 18.6 Å². The van der Waals surface area contributed by atoms with Crippen LogP contribution in [0, 0.1) is 0 Å². The fourth-order valence-corrected chi connectivity index (χ4v) is 2.18. The number of carbonyl (C=O) groups is 4. The predicted molar refractivity (Wildman–Crippen MR) is 93.8 cm³/mol. The van der Waals surface area contributed by atoms with Gasteiger partial charge in [-0.2, -0.15) is 0 Å². The molecule has 148 valence electrons. The molecule has 7 N–H and O–H groups in total. The second-order valence-corrected chi connectivity index (χ2v) is 6.05. The normalized spacial score (nSPS) is 13.9. The van der Waals surface area contributed by atoms with Crippen LogP contribution in [0.25, 0.3) is 0 Å². The van der Waals surface area contributed by atoms with Crippen LogP contribution in [-0.4, -0.2) is 57.2 Å². The maximum atomic E-state index is 12.4. The summed E-state index contributed by atoms with van der Waals surface area (Å²) in [5, 5.41) is 32.0. The molecule has 0 aliphatic carbocycles. The molecule has 10 nitrogen and oxygen atoms in total. The lowest BCUT2D eigenvalue weighted by Gasteiger charge is -2.22. The van der Waals surface area contributed by atoms with E-state index < -0.39 is 48.3 Å². The van der Waals surface area contributed by atoms with E-state index in [9.17, 15) is 29.4 Å². The van der Waals surface area contributed by atoms with Gasteiger partial charge < -0.3 is 31.7 Å². The zero-order chi connectivity index (χ0) is 20.6. The fourth-order valence-electron chi connectivity index (χ4n) is 2.18. The van der Waals surface area contributed by atoms with Gasteiger partial charge in [0.2, 0.25) is 11.8 Å². The summed E-state index contributed by atoms with van der Waals surface area (Å²) in [6.07, 6.45) is -0.674. The summed E-state index contributed by atoms with van der Waals surface area (Å²) < 4.78 is 0. The van der Waals surface area contributed by atoms with Gasteiger partial charge >= 0.3 is 11.9 Å². The fraction of sp³-hybridized carbons (Fsp3) is 0.412. The topological polar surface area (TPSA) is 179 Å². The van der Waals surface area contributed by atoms with E-state index in [0.717, 1.165) is 0 Å². The van der Waals surface area contributed by atoms with Crippen molar-refractivity contribution in [1.82, 2.24) is 10.6 Å². The quantitative estimate of drug-likeness (QED) is 0.305. The number of rotatable bonds is 10. The highest BCUT2D eigenvalue weighted by Gasteiger charge is 2.27. The van der Waals surface area contributed by atoms with Crippen molar-refractivity contribution in [1.29, 1.82) is 0 Å². The van der Waals surface area contributed by atoms with Crippen LogP contribution in [0.5, 0.6) is 5.75 Å². The number of nitrogens with one attached hydrogen (secondary N) is 2. The van der Waals surface area contributed by atoms with E-state index in [1.165, 1.54) is 31.2 Å². The first-order valence-electron chi connectivity index (χ1n) is 8.19. The van der Waals surface area contributed by atoms with Crippen LogP contribution >= 0.6 is 0 Å². The molecule has 0 heterocycles. The maximum absolute atomic E-state index is 12.4. The van der Waals surface area contributed by atoms with Gasteiger partial charge in [0.05, 0.1) is 6.04 Å². The Morgan fingerprint density at radius 2 is 1.56 bits per heavy atom. The average Bonchev–Trinajstić information content (AvgIpc) is 2.58. The van der Waals surface area contributed by atoms with Gasteiger partial charge in [0.25, 0.3) is 0 Å². The van der Waals surface area contributed by atoms with Crippen LogP contribution in [0.4, 0.5) is 0 Å². The van der Waals surface area contributed by atoms with E-state index in [1.807, 2.05) is 0 Å². The summed E-state index contributed by atoms with van der Waals surface area (Å²) in [6, 6.07) is 2.33. The number of aromatic hydroxyl groups is 1. The number of hydrogen-bond acceptors (Lipinski definition) is 6. The minimum atomic E-state index is -1.30. The Hall–Kier alpha value is -3.14. The highest BCUT2D eigenvalue weighted by molar-refractivity contribution is 5.92. The molecule has 0 aromatic heterocycles. The highest BCUT2D eigenvalue weighted by atomic mass is 16.4. The Kier molecular flexibility index (Phi) is 8.21. The van der Waals surface area contributed by atoms with Gasteiger partial charge in [-0.1, -0.05) is 12.1 Å². The second-order valence-electron chi connectivity index (χ2n) is 6.05. The lowest BCUT2D eigenvalue weighted by Crippen LogP contribution is -2.54. The molecule has 0 saturated heterocycles. The van der Waals surface area contributed by atoms with Crippen LogP contribution in [0.2, 0.25) is 0 Å². The van der Waals surface area contributed by atoms with Crippen molar-refractivity contribution in [2.24, 2.45) is 5.73 Å². The largest absolute Gasteiger partial charge is 0.508 e. The lowest BCUT2D eigenvalue weighted by molar-refractivity contribution is -0.143. The molecule has 0 bridgehead atoms. The molecule has 3 unspecified atom stereocenters. The molecule has 27 heavy (non-hydrogen) atoms. The Labute approximate surface area is 155 Å². The molecule has 3 atom stereocenters. The molecule has 2 amide bonds. The molecular weight excluding hydrogens is 358 g/mol. The molecule has 1 aromatic rings. The summed E-state index contributed by atoms with van der Waals surface area (Å²) in [6.45, 7) is 1.40. The minimum Gasteiger partial charge on any atom is -0.508 e. The number of carboxylic acids is 2. The number of phenols is 1. The number of amides is 2. The van der Waals surface area contributed by atoms with Crippen molar-refractivity contribution in [3.63, 3.8) is 0 Å². The first-order valence-corrected chi connectivity index (χ1v) is 8.19. The number of carbonyl (C=O) groups excluding carboxylic acids is 2. The van der Waals surface area contributed by atoms with Crippen LogP contribution in [0.15, 0.2) is 24.3 Å². The Morgan fingerprint density at radius 3 is 2.04 bits per heavy atom. The molecular formula is C17H23N3O7. The van der Waals surface area contributed by atoms with Gasteiger partial charge in [-0.05, 0) is 31.0 Å². The van der Waals surface area contributed by atoms with Gasteiger partial charge in [0, 0.05) is 12.8 Å². The molecule has 0 aliphatic rings. The third kappa shape index (κ3) is 7.74. The van der Waals surface area contributed by atoms with Crippen molar-refractivity contribution in [3.8, 4) is 5.75 Å². The number of nitrogens with two attached hydrogens (primary N) is 1.